The number of aromatic hydroxyl groups is 2. The van der Waals surface area contributed by atoms with Gasteiger partial charge in [0.25, 0.3) is 0 Å². The van der Waals surface area contributed by atoms with Gasteiger partial charge in [0.2, 0.25) is 0 Å². The third-order valence-corrected chi connectivity index (χ3v) is 39.7. The molecule has 0 unspecified atom stereocenters. The first-order valence-electron chi connectivity index (χ1n) is 15.5. The molecule has 0 bridgehead atoms. The molecule has 0 aliphatic rings. The van der Waals surface area contributed by atoms with Crippen LogP contribution in [-0.2, 0) is 7.56 Å². The Morgan fingerprint density at radius 3 is 1.21 bits per heavy atom. The number of phenolic OH excluding ortho intramolecular Hbond substituents is 2. The third kappa shape index (κ3) is 11.2. The summed E-state index contributed by atoms with van der Waals surface area (Å²) in [6.45, 7) is 8.34. The predicted octanol–water partition coefficient (Wildman–Crippen LogP) is 8.23. The molecule has 43 heavy (non-hydrogen) atoms. The zero-order valence-corrected chi connectivity index (χ0v) is 32.4. The fourth-order valence-corrected chi connectivity index (χ4v) is 45.9. The maximum absolute atomic E-state index is 13.8. The van der Waals surface area contributed by atoms with Crippen molar-refractivity contribution in [1.29, 1.82) is 0 Å². The molecule has 0 aliphatic carbocycles. The second-order valence-electron chi connectivity index (χ2n) is 10.9. The Kier molecular flexibility index (Phi) is 16.3. The van der Waals surface area contributed by atoms with Crippen molar-refractivity contribution in [3.05, 3.63) is 47.5 Å². The van der Waals surface area contributed by atoms with Crippen LogP contribution in [0.1, 0.15) is 99.8 Å². The Morgan fingerprint density at radius 2 is 0.930 bits per heavy atom. The summed E-state index contributed by atoms with van der Waals surface area (Å²) in [6.07, 6.45) is 6.80. The van der Waals surface area contributed by atoms with Gasteiger partial charge in [-0.25, -0.2) is 0 Å². The van der Waals surface area contributed by atoms with E-state index in [1.165, 1.54) is 38.5 Å². The quantitative estimate of drug-likeness (QED) is 0.127. The number of phenols is 2. The number of hydrogen-bond donors (Lipinski definition) is 2. The summed E-state index contributed by atoms with van der Waals surface area (Å²) in [6, 6.07) is 8.95. The number of carbonyl (C=O) groups is 2. The summed E-state index contributed by atoms with van der Waals surface area (Å²) >= 11 is -8.72. The molecule has 0 atom stereocenters. The molecule has 0 fully saturated rings. The van der Waals surface area contributed by atoms with Gasteiger partial charge < -0.3 is 0 Å². The van der Waals surface area contributed by atoms with Gasteiger partial charge >= 0.3 is 269 Å². The summed E-state index contributed by atoms with van der Waals surface area (Å²) < 4.78 is 33.4. The van der Waals surface area contributed by atoms with E-state index >= 15 is 0 Å². The van der Waals surface area contributed by atoms with Crippen LogP contribution in [0.2, 0.25) is 17.7 Å². The van der Waals surface area contributed by atoms with Crippen molar-refractivity contribution in [2.75, 3.05) is 14.2 Å². The maximum atomic E-state index is 13.8. The average molecular weight is 816 g/mol. The fourth-order valence-electron chi connectivity index (χ4n) is 4.88. The molecule has 2 aromatic rings. The number of methoxy groups -OCH3 is 2. The third-order valence-electron chi connectivity index (χ3n) is 7.42. The molecule has 2 rings (SSSR count). The van der Waals surface area contributed by atoms with Crippen molar-refractivity contribution < 1.29 is 36.8 Å². The summed E-state index contributed by atoms with van der Waals surface area (Å²) in [5, 5.41) is 21.1. The molecule has 9 nitrogen and oxygen atoms in total. The van der Waals surface area contributed by atoms with Crippen LogP contribution in [0.25, 0.3) is 0 Å². The number of ether oxygens (including phenoxy) is 2. The standard InChI is InChI=1S/2C8H8O4.4C4H9.O.2Sn/c2*1-12-5-2-3-7(9)6(4-5)8(10)11;4*1-3-4-2;;;/h2*2-4,9H,1H3,(H,10,11);4*1,3-4H2,2H3;;;/q;;;;;;;2*+1/p-2. The number of rotatable bonds is 20. The van der Waals surface area contributed by atoms with E-state index in [0.717, 1.165) is 51.4 Å². The van der Waals surface area contributed by atoms with Crippen molar-refractivity contribution in [2.45, 2.75) is 96.8 Å². The summed E-state index contributed by atoms with van der Waals surface area (Å²) in [5.74, 6) is -0.794. The van der Waals surface area contributed by atoms with Crippen molar-refractivity contribution in [2.24, 2.45) is 0 Å². The molecule has 0 spiro atoms. The minimum atomic E-state index is -4.36. The summed E-state index contributed by atoms with van der Waals surface area (Å²) in [5.41, 5.74) is 0.0523. The van der Waals surface area contributed by atoms with Gasteiger partial charge in [-0.05, 0) is 0 Å². The second-order valence-corrected chi connectivity index (χ2v) is 32.6. The minimum absolute atomic E-state index is 0.0261. The van der Waals surface area contributed by atoms with Gasteiger partial charge in [0, 0.05) is 0 Å². The molecule has 0 saturated heterocycles. The number of hydrogen-bond acceptors (Lipinski definition) is 9. The van der Waals surface area contributed by atoms with Crippen LogP contribution in [-0.4, -0.2) is 74.8 Å². The molecule has 0 saturated carbocycles. The van der Waals surface area contributed by atoms with Gasteiger partial charge in [0.1, 0.15) is 0 Å². The Bertz CT molecular complexity index is 1070. The molecule has 0 aromatic heterocycles. The van der Waals surface area contributed by atoms with Gasteiger partial charge in [0.15, 0.2) is 0 Å². The van der Waals surface area contributed by atoms with Crippen LogP contribution < -0.4 is 9.47 Å². The van der Waals surface area contributed by atoms with Crippen LogP contribution in [0, 0.1) is 0 Å². The molecule has 2 aromatic carbocycles. The fraction of sp³-hybridized carbons (Fsp3) is 0.562. The van der Waals surface area contributed by atoms with Crippen molar-refractivity contribution in [3.63, 3.8) is 0 Å². The van der Waals surface area contributed by atoms with Crippen LogP contribution in [0.3, 0.4) is 0 Å². The number of carbonyl (C=O) groups excluding carboxylic acids is 2. The van der Waals surface area contributed by atoms with Gasteiger partial charge in [0.05, 0.1) is 0 Å². The number of benzene rings is 2. The summed E-state index contributed by atoms with van der Waals surface area (Å²) in [4.78, 5) is 27.5. The average Bonchev–Trinajstić information content (AvgIpc) is 3.01. The van der Waals surface area contributed by atoms with Crippen LogP contribution in [0.4, 0.5) is 0 Å². The molecule has 0 aliphatic heterocycles. The van der Waals surface area contributed by atoms with E-state index in [1.807, 2.05) is 0 Å². The van der Waals surface area contributed by atoms with Crippen LogP contribution in [0.5, 0.6) is 23.0 Å². The van der Waals surface area contributed by atoms with Crippen LogP contribution >= 0.6 is 0 Å². The van der Waals surface area contributed by atoms with E-state index in [2.05, 4.69) is 27.7 Å². The molecule has 0 radical (unpaired) electrons. The van der Waals surface area contributed by atoms with E-state index in [-0.39, 0.29) is 22.6 Å². The van der Waals surface area contributed by atoms with Crippen molar-refractivity contribution >= 4 is 50.3 Å². The normalized spacial score (nSPS) is 11.7. The second kappa shape index (κ2) is 18.8. The van der Waals surface area contributed by atoms with E-state index in [9.17, 15) is 19.8 Å². The first kappa shape index (κ1) is 37.3. The predicted molar refractivity (Wildman–Crippen MR) is 172 cm³/mol. The first-order chi connectivity index (χ1) is 20.6. The molecule has 0 amide bonds. The van der Waals surface area contributed by atoms with E-state index in [1.54, 1.807) is 12.1 Å². The van der Waals surface area contributed by atoms with Gasteiger partial charge in [-0.15, -0.1) is 0 Å². The molecular formula is C32H50O9Sn2. The Balaban J connectivity index is 2.64. The Hall–Kier alpha value is -1.86. The topological polar surface area (TPSA) is 121 Å². The molecule has 2 N–H and O–H groups in total. The van der Waals surface area contributed by atoms with Gasteiger partial charge in [-0.1, -0.05) is 0 Å². The van der Waals surface area contributed by atoms with Crippen molar-refractivity contribution in [1.82, 2.24) is 0 Å². The SMILES string of the molecule is CCC[CH2][Sn]([CH2]CCC)([O]C(=O)c1cc(OC)ccc1O)[O][Sn]([CH2]CCC)([CH2]CCC)[O]C(=O)c1cc(OC)ccc1O. The molecular weight excluding hydrogens is 766 g/mol. The van der Waals surface area contributed by atoms with Gasteiger partial charge in [-0.3, -0.25) is 0 Å². The van der Waals surface area contributed by atoms with E-state index < -0.39 is 50.3 Å². The zero-order valence-electron chi connectivity index (χ0n) is 26.7. The molecule has 11 heteroatoms. The molecule has 240 valence electrons. The van der Waals surface area contributed by atoms with Gasteiger partial charge in [-0.2, -0.15) is 0 Å². The monoisotopic (exact) mass is 818 g/mol. The van der Waals surface area contributed by atoms with E-state index in [0.29, 0.717) is 29.2 Å². The van der Waals surface area contributed by atoms with Crippen molar-refractivity contribution in [3.8, 4) is 23.0 Å². The van der Waals surface area contributed by atoms with E-state index in [4.69, 9.17) is 17.0 Å². The summed E-state index contributed by atoms with van der Waals surface area (Å²) in [7, 11) is 2.99. The Labute approximate surface area is 267 Å². The first-order valence-corrected chi connectivity index (χ1v) is 28.3. The van der Waals surface area contributed by atoms with Crippen LogP contribution in [0.15, 0.2) is 36.4 Å². The zero-order chi connectivity index (χ0) is 31.9. The Morgan fingerprint density at radius 1 is 0.605 bits per heavy atom. The molecule has 0 heterocycles. The number of unbranched alkanes of at least 4 members (excludes halogenated alkanes) is 4.